The van der Waals surface area contributed by atoms with Crippen LogP contribution >= 0.6 is 34.3 Å². The number of aromatic nitrogens is 2. The third-order valence-electron chi connectivity index (χ3n) is 4.16. The van der Waals surface area contributed by atoms with Gasteiger partial charge in [-0.15, -0.1) is 34.3 Å². The number of rotatable bonds is 6. The zero-order valence-electron chi connectivity index (χ0n) is 14.3. The Morgan fingerprint density at radius 2 is 2.15 bits per heavy atom. The van der Waals surface area contributed by atoms with Crippen molar-refractivity contribution in [2.45, 2.75) is 23.1 Å². The van der Waals surface area contributed by atoms with Gasteiger partial charge < -0.3 is 4.98 Å². The number of para-hydroxylation sites is 1. The lowest BCUT2D eigenvalue weighted by atomic mass is 10.1. The molecule has 5 nitrogen and oxygen atoms in total. The highest BCUT2D eigenvalue weighted by atomic mass is 35.5. The predicted molar refractivity (Wildman–Crippen MR) is 112 cm³/mol. The van der Waals surface area contributed by atoms with Crippen LogP contribution in [0.2, 0.25) is 0 Å². The molecule has 0 saturated heterocycles. The number of aromatic amines is 1. The van der Waals surface area contributed by atoms with E-state index in [1.54, 1.807) is 23.7 Å². The van der Waals surface area contributed by atoms with E-state index >= 15 is 0 Å². The fourth-order valence-corrected chi connectivity index (χ4v) is 6.12. The SMILES string of the molecule is CC(NS(=O)(=O)c1cccs1)c1cccc2cc(-c3ncc(CCl)s3)[nH]c12. The molecule has 4 rings (SSSR count). The molecule has 0 aliphatic rings. The lowest BCUT2D eigenvalue weighted by molar-refractivity contribution is 0.569. The molecule has 2 N–H and O–H groups in total. The van der Waals surface area contributed by atoms with Crippen LogP contribution in [0.3, 0.4) is 0 Å². The molecule has 0 saturated carbocycles. The first kappa shape index (κ1) is 18.6. The summed E-state index contributed by atoms with van der Waals surface area (Å²) in [6.07, 6.45) is 1.77. The lowest BCUT2D eigenvalue weighted by Gasteiger charge is -2.14. The molecule has 3 aromatic heterocycles. The van der Waals surface area contributed by atoms with Crippen LogP contribution in [0.25, 0.3) is 21.6 Å². The summed E-state index contributed by atoms with van der Waals surface area (Å²) in [4.78, 5) is 8.81. The molecule has 0 bridgehead atoms. The number of hydrogen-bond acceptors (Lipinski definition) is 5. The Labute approximate surface area is 170 Å². The van der Waals surface area contributed by atoms with Crippen molar-refractivity contribution in [1.29, 1.82) is 0 Å². The Kier molecular flexibility index (Phi) is 5.09. The fourth-order valence-electron chi connectivity index (χ4n) is 2.92. The summed E-state index contributed by atoms with van der Waals surface area (Å²) in [6, 6.07) is 10.8. The molecule has 4 aromatic rings. The van der Waals surface area contributed by atoms with Crippen molar-refractivity contribution in [2.75, 3.05) is 0 Å². The fraction of sp³-hybridized carbons (Fsp3) is 0.167. The molecule has 0 fully saturated rings. The van der Waals surface area contributed by atoms with Crippen molar-refractivity contribution in [3.63, 3.8) is 0 Å². The molecule has 1 aromatic carbocycles. The van der Waals surface area contributed by atoms with Gasteiger partial charge in [-0.2, -0.15) is 0 Å². The number of sulfonamides is 1. The average molecular weight is 438 g/mol. The molecule has 140 valence electrons. The molecular weight excluding hydrogens is 422 g/mol. The van der Waals surface area contributed by atoms with Crippen LogP contribution in [0.1, 0.15) is 23.4 Å². The van der Waals surface area contributed by atoms with Gasteiger partial charge in [-0.3, -0.25) is 0 Å². The van der Waals surface area contributed by atoms with Gasteiger partial charge in [-0.05, 0) is 30.0 Å². The number of hydrogen-bond donors (Lipinski definition) is 2. The van der Waals surface area contributed by atoms with E-state index in [-0.39, 0.29) is 6.04 Å². The van der Waals surface area contributed by atoms with Gasteiger partial charge in [0.15, 0.2) is 0 Å². The Bertz CT molecular complexity index is 1180. The minimum atomic E-state index is -3.55. The first-order valence-corrected chi connectivity index (χ1v) is 11.9. The Balaban J connectivity index is 1.69. The first-order chi connectivity index (χ1) is 13.0. The second-order valence-corrected chi connectivity index (χ2v) is 10.3. The molecule has 9 heteroatoms. The van der Waals surface area contributed by atoms with E-state index in [1.165, 1.54) is 22.7 Å². The minimum absolute atomic E-state index is 0.310. The van der Waals surface area contributed by atoms with Gasteiger partial charge in [0.05, 0.1) is 17.1 Å². The van der Waals surface area contributed by atoms with Gasteiger partial charge in [0.2, 0.25) is 0 Å². The quantitative estimate of drug-likeness (QED) is 0.410. The average Bonchev–Trinajstić information content (AvgIpc) is 3.40. The van der Waals surface area contributed by atoms with E-state index in [0.717, 1.165) is 32.0 Å². The Morgan fingerprint density at radius 3 is 2.85 bits per heavy atom. The van der Waals surface area contributed by atoms with Crippen LogP contribution in [0.5, 0.6) is 0 Å². The highest BCUT2D eigenvalue weighted by Gasteiger charge is 2.21. The predicted octanol–water partition coefficient (Wildman–Crippen LogP) is 5.13. The zero-order valence-corrected chi connectivity index (χ0v) is 17.5. The van der Waals surface area contributed by atoms with Crippen LogP contribution in [0.15, 0.2) is 52.2 Å². The third-order valence-corrected chi connectivity index (χ3v) is 8.58. The summed E-state index contributed by atoms with van der Waals surface area (Å²) in [6.45, 7) is 1.84. The van der Waals surface area contributed by atoms with E-state index in [4.69, 9.17) is 11.6 Å². The van der Waals surface area contributed by atoms with Gasteiger partial charge >= 0.3 is 0 Å². The number of thiophene rings is 1. The van der Waals surface area contributed by atoms with Crippen molar-refractivity contribution < 1.29 is 8.42 Å². The Morgan fingerprint density at radius 1 is 1.30 bits per heavy atom. The van der Waals surface area contributed by atoms with Crippen molar-refractivity contribution in [2.24, 2.45) is 0 Å². The molecule has 1 unspecified atom stereocenters. The van der Waals surface area contributed by atoms with Crippen LogP contribution in [0, 0.1) is 0 Å². The number of thiazole rings is 1. The summed E-state index contributed by atoms with van der Waals surface area (Å²) in [5.41, 5.74) is 2.68. The highest BCUT2D eigenvalue weighted by Crippen LogP contribution is 2.32. The Hall–Kier alpha value is -1.71. The molecular formula is C18H16ClN3O2S3. The number of nitrogens with zero attached hydrogens (tertiary/aromatic N) is 1. The van der Waals surface area contributed by atoms with Gasteiger partial charge in [0.1, 0.15) is 9.22 Å². The second-order valence-electron chi connectivity index (χ2n) is 6.03. The zero-order chi connectivity index (χ0) is 19.0. The number of alkyl halides is 1. The summed E-state index contributed by atoms with van der Waals surface area (Å²) in [5, 5.41) is 3.62. The monoisotopic (exact) mass is 437 g/mol. The van der Waals surface area contributed by atoms with Gasteiger partial charge in [0, 0.05) is 22.5 Å². The largest absolute Gasteiger partial charge is 0.352 e. The molecule has 0 aliphatic heterocycles. The third kappa shape index (κ3) is 3.68. The molecule has 3 heterocycles. The van der Waals surface area contributed by atoms with E-state index in [1.807, 2.05) is 31.2 Å². The maximum Gasteiger partial charge on any atom is 0.250 e. The van der Waals surface area contributed by atoms with E-state index < -0.39 is 10.0 Å². The number of benzene rings is 1. The van der Waals surface area contributed by atoms with Crippen LogP contribution < -0.4 is 4.72 Å². The van der Waals surface area contributed by atoms with Crippen LogP contribution in [-0.4, -0.2) is 18.4 Å². The topological polar surface area (TPSA) is 74.8 Å². The standard InChI is InChI=1S/C18H16ClN3O2S3/c1-11(22-27(23,24)16-6-3-7-25-16)14-5-2-4-12-8-15(21-17(12)14)18-20-10-13(9-19)26-18/h2-8,10-11,21-22H,9H2,1H3. The summed E-state index contributed by atoms with van der Waals surface area (Å²) in [5.74, 6) is 0.435. The second kappa shape index (κ2) is 7.37. The first-order valence-electron chi connectivity index (χ1n) is 8.16. The summed E-state index contributed by atoms with van der Waals surface area (Å²) < 4.78 is 28.2. The van der Waals surface area contributed by atoms with Crippen molar-refractivity contribution >= 4 is 55.2 Å². The maximum atomic E-state index is 12.5. The lowest BCUT2D eigenvalue weighted by Crippen LogP contribution is -2.26. The van der Waals surface area contributed by atoms with Gasteiger partial charge in [0.25, 0.3) is 10.0 Å². The molecule has 0 amide bonds. The number of H-pyrrole nitrogens is 1. The summed E-state index contributed by atoms with van der Waals surface area (Å²) in [7, 11) is -3.55. The van der Waals surface area contributed by atoms with E-state index in [0.29, 0.717) is 10.1 Å². The number of halogens is 1. The van der Waals surface area contributed by atoms with Crippen molar-refractivity contribution in [3.05, 3.63) is 58.4 Å². The molecule has 27 heavy (non-hydrogen) atoms. The van der Waals surface area contributed by atoms with Crippen LogP contribution in [0.4, 0.5) is 0 Å². The number of fused-ring (bicyclic) bond motifs is 1. The van der Waals surface area contributed by atoms with Crippen molar-refractivity contribution in [3.8, 4) is 10.7 Å². The minimum Gasteiger partial charge on any atom is -0.352 e. The van der Waals surface area contributed by atoms with E-state index in [9.17, 15) is 8.42 Å². The van der Waals surface area contributed by atoms with Crippen molar-refractivity contribution in [1.82, 2.24) is 14.7 Å². The molecule has 1 atom stereocenters. The maximum absolute atomic E-state index is 12.5. The molecule has 0 radical (unpaired) electrons. The molecule has 0 spiro atoms. The highest BCUT2D eigenvalue weighted by molar-refractivity contribution is 7.91. The normalized spacial score (nSPS) is 13.3. The number of nitrogens with one attached hydrogen (secondary N) is 2. The van der Waals surface area contributed by atoms with Crippen LogP contribution in [-0.2, 0) is 15.9 Å². The summed E-state index contributed by atoms with van der Waals surface area (Å²) >= 11 is 8.61. The van der Waals surface area contributed by atoms with Gasteiger partial charge in [-0.25, -0.2) is 18.1 Å². The molecule has 0 aliphatic carbocycles. The smallest absolute Gasteiger partial charge is 0.250 e. The van der Waals surface area contributed by atoms with E-state index in [2.05, 4.69) is 14.7 Å². The van der Waals surface area contributed by atoms with Gasteiger partial charge in [-0.1, -0.05) is 24.3 Å².